The minimum absolute atomic E-state index is 0.129. The van der Waals surface area contributed by atoms with Gasteiger partial charge in [-0.25, -0.2) is 8.42 Å². The number of benzene rings is 1. The van der Waals surface area contributed by atoms with Crippen molar-refractivity contribution >= 4 is 15.9 Å². The molecule has 2 aromatic rings. The van der Waals surface area contributed by atoms with Crippen molar-refractivity contribution in [1.82, 2.24) is 10.0 Å². The van der Waals surface area contributed by atoms with Crippen molar-refractivity contribution in [2.24, 2.45) is 5.92 Å². The molecule has 1 atom stereocenters. The Bertz CT molecular complexity index is 725. The van der Waals surface area contributed by atoms with Gasteiger partial charge in [0.15, 0.2) is 0 Å². The van der Waals surface area contributed by atoms with Crippen LogP contribution in [0.4, 0.5) is 0 Å². The molecule has 1 amide bonds. The SMILES string of the molecule is CC(C)[C@@H](NS(=O)(=O)c1ccccc1)C(=O)NCc1ccco1. The maximum Gasteiger partial charge on any atom is 0.241 e. The highest BCUT2D eigenvalue weighted by Gasteiger charge is 2.28. The first kappa shape index (κ1) is 17.2. The third-order valence-electron chi connectivity index (χ3n) is 3.30. The summed E-state index contributed by atoms with van der Waals surface area (Å²) in [6.45, 7) is 3.78. The third kappa shape index (κ3) is 4.67. The van der Waals surface area contributed by atoms with E-state index in [1.807, 2.05) is 0 Å². The van der Waals surface area contributed by atoms with Gasteiger partial charge >= 0.3 is 0 Å². The van der Waals surface area contributed by atoms with Crippen molar-refractivity contribution in [3.05, 3.63) is 54.5 Å². The molecule has 23 heavy (non-hydrogen) atoms. The second-order valence-corrected chi connectivity index (χ2v) is 7.17. The molecule has 0 saturated heterocycles. The van der Waals surface area contributed by atoms with Crippen molar-refractivity contribution in [3.8, 4) is 0 Å². The second-order valence-electron chi connectivity index (χ2n) is 5.45. The van der Waals surface area contributed by atoms with Gasteiger partial charge in [0.2, 0.25) is 15.9 Å². The Morgan fingerprint density at radius 3 is 2.39 bits per heavy atom. The number of sulfonamides is 1. The van der Waals surface area contributed by atoms with Gasteiger partial charge in [0, 0.05) is 0 Å². The van der Waals surface area contributed by atoms with Crippen LogP contribution in [0.3, 0.4) is 0 Å². The van der Waals surface area contributed by atoms with E-state index in [2.05, 4.69) is 10.0 Å². The second kappa shape index (κ2) is 7.43. The molecule has 2 rings (SSSR count). The number of amides is 1. The number of rotatable bonds is 7. The lowest BCUT2D eigenvalue weighted by Gasteiger charge is -2.21. The zero-order valence-electron chi connectivity index (χ0n) is 13.0. The van der Waals surface area contributed by atoms with E-state index in [9.17, 15) is 13.2 Å². The molecule has 0 aliphatic heterocycles. The van der Waals surface area contributed by atoms with E-state index >= 15 is 0 Å². The topological polar surface area (TPSA) is 88.4 Å². The predicted molar refractivity (Wildman–Crippen MR) is 85.9 cm³/mol. The quantitative estimate of drug-likeness (QED) is 0.808. The molecule has 0 bridgehead atoms. The fourth-order valence-electron chi connectivity index (χ4n) is 2.02. The molecule has 0 aliphatic carbocycles. The van der Waals surface area contributed by atoms with E-state index in [0.717, 1.165) is 0 Å². The number of nitrogens with one attached hydrogen (secondary N) is 2. The Labute approximate surface area is 135 Å². The van der Waals surface area contributed by atoms with Crippen LogP contribution >= 0.6 is 0 Å². The Hall–Kier alpha value is -2.12. The number of furan rings is 1. The molecule has 0 aliphatic rings. The normalized spacial score (nSPS) is 13.0. The van der Waals surface area contributed by atoms with Gasteiger partial charge in [-0.15, -0.1) is 0 Å². The highest BCUT2D eigenvalue weighted by atomic mass is 32.2. The van der Waals surface area contributed by atoms with Crippen LogP contribution in [0.15, 0.2) is 58.0 Å². The summed E-state index contributed by atoms with van der Waals surface area (Å²) in [7, 11) is -3.76. The lowest BCUT2D eigenvalue weighted by atomic mass is 10.1. The fourth-order valence-corrected chi connectivity index (χ4v) is 3.39. The first-order valence-electron chi connectivity index (χ1n) is 7.27. The Kier molecular flexibility index (Phi) is 5.57. The molecule has 1 aromatic carbocycles. The summed E-state index contributed by atoms with van der Waals surface area (Å²) in [6.07, 6.45) is 1.51. The first-order chi connectivity index (χ1) is 10.9. The number of carbonyl (C=O) groups excluding carboxylic acids is 1. The molecule has 0 radical (unpaired) electrons. The molecule has 0 fully saturated rings. The lowest BCUT2D eigenvalue weighted by molar-refractivity contribution is -0.123. The van der Waals surface area contributed by atoms with Crippen molar-refractivity contribution in [2.75, 3.05) is 0 Å². The van der Waals surface area contributed by atoms with Crippen molar-refractivity contribution in [1.29, 1.82) is 0 Å². The van der Waals surface area contributed by atoms with Crippen molar-refractivity contribution < 1.29 is 17.6 Å². The largest absolute Gasteiger partial charge is 0.467 e. The van der Waals surface area contributed by atoms with E-state index in [4.69, 9.17) is 4.42 Å². The van der Waals surface area contributed by atoms with Crippen LogP contribution in [0.25, 0.3) is 0 Å². The van der Waals surface area contributed by atoms with E-state index in [0.29, 0.717) is 5.76 Å². The molecule has 6 nitrogen and oxygen atoms in total. The van der Waals surface area contributed by atoms with Gasteiger partial charge in [0.05, 0.1) is 17.7 Å². The summed E-state index contributed by atoms with van der Waals surface area (Å²) in [4.78, 5) is 12.4. The third-order valence-corrected chi connectivity index (χ3v) is 4.76. The summed E-state index contributed by atoms with van der Waals surface area (Å²) in [5.74, 6) is 0.00719. The van der Waals surface area contributed by atoms with Crippen LogP contribution < -0.4 is 10.0 Å². The monoisotopic (exact) mass is 336 g/mol. The Morgan fingerprint density at radius 2 is 1.83 bits per heavy atom. The molecular weight excluding hydrogens is 316 g/mol. The molecule has 0 spiro atoms. The zero-order chi connectivity index (χ0) is 16.9. The molecule has 7 heteroatoms. The van der Waals surface area contributed by atoms with Crippen LogP contribution in [-0.4, -0.2) is 20.4 Å². The summed E-state index contributed by atoms with van der Waals surface area (Å²) >= 11 is 0. The highest BCUT2D eigenvalue weighted by Crippen LogP contribution is 2.12. The molecule has 0 unspecified atom stereocenters. The summed E-state index contributed by atoms with van der Waals surface area (Å²) in [6, 6.07) is 10.6. The summed E-state index contributed by atoms with van der Waals surface area (Å²) in [5.41, 5.74) is 0. The van der Waals surface area contributed by atoms with Crippen molar-refractivity contribution in [2.45, 2.75) is 31.3 Å². The standard InChI is InChI=1S/C16H20N2O4S/c1-12(2)15(16(19)17-11-13-7-6-10-22-13)18-23(20,21)14-8-4-3-5-9-14/h3-10,12,15,18H,11H2,1-2H3,(H,17,19)/t15-/m1/s1. The van der Waals surface area contributed by atoms with Crippen molar-refractivity contribution in [3.63, 3.8) is 0 Å². The molecular formula is C16H20N2O4S. The Morgan fingerprint density at radius 1 is 1.13 bits per heavy atom. The van der Waals surface area contributed by atoms with Gasteiger partial charge in [-0.05, 0) is 30.2 Å². The van der Waals surface area contributed by atoms with Gasteiger partial charge in [-0.3, -0.25) is 4.79 Å². The van der Waals surface area contributed by atoms with E-state index in [1.165, 1.54) is 18.4 Å². The molecule has 2 N–H and O–H groups in total. The average Bonchev–Trinajstić information content (AvgIpc) is 3.04. The first-order valence-corrected chi connectivity index (χ1v) is 8.76. The Balaban J connectivity index is 2.07. The van der Waals surface area contributed by atoms with E-state index in [-0.39, 0.29) is 17.4 Å². The number of hydrogen-bond acceptors (Lipinski definition) is 4. The van der Waals surface area contributed by atoms with Crippen LogP contribution in [0.2, 0.25) is 0 Å². The van der Waals surface area contributed by atoms with Gasteiger partial charge in [0.1, 0.15) is 11.8 Å². The number of hydrogen-bond donors (Lipinski definition) is 2. The molecule has 1 aromatic heterocycles. The summed E-state index contributed by atoms with van der Waals surface area (Å²) < 4.78 is 32.4. The van der Waals surface area contributed by atoms with Crippen LogP contribution in [0.5, 0.6) is 0 Å². The molecule has 1 heterocycles. The smallest absolute Gasteiger partial charge is 0.241 e. The maximum atomic E-state index is 12.4. The van der Waals surface area contributed by atoms with Gasteiger partial charge in [0.25, 0.3) is 0 Å². The molecule has 124 valence electrons. The number of carbonyl (C=O) groups is 1. The lowest BCUT2D eigenvalue weighted by Crippen LogP contribution is -2.49. The van der Waals surface area contributed by atoms with E-state index < -0.39 is 22.0 Å². The van der Waals surface area contributed by atoms with Gasteiger partial charge < -0.3 is 9.73 Å². The van der Waals surface area contributed by atoms with Crippen LogP contribution in [0, 0.1) is 5.92 Å². The minimum atomic E-state index is -3.76. The maximum absolute atomic E-state index is 12.4. The van der Waals surface area contributed by atoms with Crippen LogP contribution in [-0.2, 0) is 21.4 Å². The average molecular weight is 336 g/mol. The molecule has 0 saturated carbocycles. The minimum Gasteiger partial charge on any atom is -0.467 e. The van der Waals surface area contributed by atoms with Crippen LogP contribution in [0.1, 0.15) is 19.6 Å². The van der Waals surface area contributed by atoms with E-state index in [1.54, 1.807) is 44.2 Å². The predicted octanol–water partition coefficient (Wildman–Crippen LogP) is 1.90. The highest BCUT2D eigenvalue weighted by molar-refractivity contribution is 7.89. The van der Waals surface area contributed by atoms with Gasteiger partial charge in [-0.1, -0.05) is 32.0 Å². The summed E-state index contributed by atoms with van der Waals surface area (Å²) in [5, 5.41) is 2.68. The van der Waals surface area contributed by atoms with Gasteiger partial charge in [-0.2, -0.15) is 4.72 Å². The fraction of sp³-hybridized carbons (Fsp3) is 0.312. The zero-order valence-corrected chi connectivity index (χ0v) is 13.8.